The van der Waals surface area contributed by atoms with Gasteiger partial charge < -0.3 is 9.30 Å². The molecule has 3 nitrogen and oxygen atoms in total. The fourth-order valence-electron chi connectivity index (χ4n) is 2.45. The predicted molar refractivity (Wildman–Crippen MR) is 63.3 cm³/mol. The number of aryl methyl sites for hydroxylation is 1. The molecule has 1 atom stereocenters. The number of ether oxygens (including phenoxy) is 1. The van der Waals surface area contributed by atoms with E-state index in [1.54, 1.807) is 0 Å². The Labute approximate surface area is 95.0 Å². The van der Waals surface area contributed by atoms with Crippen molar-refractivity contribution in [1.82, 2.24) is 9.55 Å². The molecule has 0 spiro atoms. The standard InChI is InChI=1S/C13H16N2O/c1-2-15-11-7-4-3-6-10(11)14-13(15)12-8-5-9-16-12/h3-4,6-7,12H,2,5,8-9H2,1H3/t12-/m0/s1. The molecule has 2 aromatic rings. The predicted octanol–water partition coefficient (Wildman–Crippen LogP) is 2.91. The Morgan fingerprint density at radius 2 is 2.31 bits per heavy atom. The first-order valence-electron chi connectivity index (χ1n) is 5.97. The summed E-state index contributed by atoms with van der Waals surface area (Å²) in [6, 6.07) is 8.30. The lowest BCUT2D eigenvalue weighted by molar-refractivity contribution is 0.102. The van der Waals surface area contributed by atoms with Crippen LogP contribution < -0.4 is 0 Å². The number of hydrogen-bond acceptors (Lipinski definition) is 2. The molecule has 16 heavy (non-hydrogen) atoms. The number of nitrogens with zero attached hydrogens (tertiary/aromatic N) is 2. The summed E-state index contributed by atoms with van der Waals surface area (Å²) in [4.78, 5) is 4.70. The Morgan fingerprint density at radius 3 is 3.06 bits per heavy atom. The summed E-state index contributed by atoms with van der Waals surface area (Å²) in [5.41, 5.74) is 2.30. The first-order chi connectivity index (χ1) is 7.90. The molecule has 1 aliphatic heterocycles. The zero-order chi connectivity index (χ0) is 11.0. The molecule has 84 valence electrons. The number of imidazole rings is 1. The highest BCUT2D eigenvalue weighted by atomic mass is 16.5. The van der Waals surface area contributed by atoms with Gasteiger partial charge in [-0.25, -0.2) is 4.98 Å². The second-order valence-corrected chi connectivity index (χ2v) is 4.20. The van der Waals surface area contributed by atoms with Crippen LogP contribution in [0.25, 0.3) is 11.0 Å². The molecule has 1 fully saturated rings. The van der Waals surface area contributed by atoms with E-state index < -0.39 is 0 Å². The van der Waals surface area contributed by atoms with E-state index in [0.29, 0.717) is 0 Å². The SMILES string of the molecule is CCn1c([C@@H]2CCCO2)nc2ccccc21. The van der Waals surface area contributed by atoms with Crippen molar-refractivity contribution in [3.8, 4) is 0 Å². The van der Waals surface area contributed by atoms with Crippen molar-refractivity contribution in [2.75, 3.05) is 6.61 Å². The molecule has 2 heterocycles. The highest BCUT2D eigenvalue weighted by Gasteiger charge is 2.23. The van der Waals surface area contributed by atoms with Gasteiger partial charge in [-0.15, -0.1) is 0 Å². The summed E-state index contributed by atoms with van der Waals surface area (Å²) >= 11 is 0. The minimum atomic E-state index is 0.201. The molecule has 0 N–H and O–H groups in total. The lowest BCUT2D eigenvalue weighted by Gasteiger charge is -2.11. The van der Waals surface area contributed by atoms with Gasteiger partial charge in [0.05, 0.1) is 11.0 Å². The maximum Gasteiger partial charge on any atom is 0.139 e. The van der Waals surface area contributed by atoms with Gasteiger partial charge in [0.1, 0.15) is 11.9 Å². The van der Waals surface area contributed by atoms with Crippen LogP contribution in [0.15, 0.2) is 24.3 Å². The Kier molecular flexibility index (Phi) is 2.40. The monoisotopic (exact) mass is 216 g/mol. The third-order valence-corrected chi connectivity index (χ3v) is 3.22. The van der Waals surface area contributed by atoms with E-state index in [1.807, 2.05) is 6.07 Å². The van der Waals surface area contributed by atoms with Crippen molar-refractivity contribution in [3.63, 3.8) is 0 Å². The Balaban J connectivity index is 2.15. The summed E-state index contributed by atoms with van der Waals surface area (Å²) in [5.74, 6) is 1.10. The molecule has 3 heteroatoms. The smallest absolute Gasteiger partial charge is 0.139 e. The van der Waals surface area contributed by atoms with Gasteiger partial charge in [0.25, 0.3) is 0 Å². The molecule has 1 aromatic heterocycles. The van der Waals surface area contributed by atoms with E-state index in [9.17, 15) is 0 Å². The fourth-order valence-corrected chi connectivity index (χ4v) is 2.45. The molecular weight excluding hydrogens is 200 g/mol. The molecule has 0 bridgehead atoms. The molecule has 0 radical (unpaired) electrons. The zero-order valence-electron chi connectivity index (χ0n) is 9.52. The number of rotatable bonds is 2. The lowest BCUT2D eigenvalue weighted by Crippen LogP contribution is -2.07. The maximum absolute atomic E-state index is 5.73. The molecule has 0 aliphatic carbocycles. The number of para-hydroxylation sites is 2. The number of aromatic nitrogens is 2. The normalized spacial score (nSPS) is 20.7. The molecule has 0 saturated carbocycles. The highest BCUT2D eigenvalue weighted by Crippen LogP contribution is 2.30. The van der Waals surface area contributed by atoms with Crippen LogP contribution in [0.5, 0.6) is 0 Å². The van der Waals surface area contributed by atoms with Crippen LogP contribution in [0.1, 0.15) is 31.7 Å². The van der Waals surface area contributed by atoms with E-state index in [4.69, 9.17) is 9.72 Å². The van der Waals surface area contributed by atoms with Gasteiger partial charge in [0.15, 0.2) is 0 Å². The van der Waals surface area contributed by atoms with Crippen molar-refractivity contribution in [1.29, 1.82) is 0 Å². The molecule has 0 amide bonds. The van der Waals surface area contributed by atoms with Gasteiger partial charge in [-0.3, -0.25) is 0 Å². The molecule has 1 saturated heterocycles. The first kappa shape index (κ1) is 9.85. The quantitative estimate of drug-likeness (QED) is 0.771. The molecular formula is C13H16N2O. The number of hydrogen-bond donors (Lipinski definition) is 0. The van der Waals surface area contributed by atoms with Gasteiger partial charge in [-0.1, -0.05) is 12.1 Å². The third-order valence-electron chi connectivity index (χ3n) is 3.22. The maximum atomic E-state index is 5.73. The van der Waals surface area contributed by atoms with Crippen LogP contribution >= 0.6 is 0 Å². The summed E-state index contributed by atoms with van der Waals surface area (Å²) in [6.45, 7) is 3.99. The summed E-state index contributed by atoms with van der Waals surface area (Å²) in [5, 5.41) is 0. The van der Waals surface area contributed by atoms with Gasteiger partial charge in [0, 0.05) is 13.2 Å². The Hall–Kier alpha value is -1.35. The van der Waals surface area contributed by atoms with E-state index in [0.717, 1.165) is 37.3 Å². The van der Waals surface area contributed by atoms with Crippen LogP contribution in [0.4, 0.5) is 0 Å². The summed E-state index contributed by atoms with van der Waals surface area (Å²) < 4.78 is 8.00. The van der Waals surface area contributed by atoms with Crippen molar-refractivity contribution in [2.24, 2.45) is 0 Å². The van der Waals surface area contributed by atoms with Crippen LogP contribution in [0, 0.1) is 0 Å². The van der Waals surface area contributed by atoms with Gasteiger partial charge >= 0.3 is 0 Å². The second kappa shape index (κ2) is 3.91. The molecule has 1 aliphatic rings. The van der Waals surface area contributed by atoms with Gasteiger partial charge in [-0.2, -0.15) is 0 Å². The van der Waals surface area contributed by atoms with Crippen molar-refractivity contribution in [2.45, 2.75) is 32.4 Å². The van der Waals surface area contributed by atoms with E-state index in [-0.39, 0.29) is 6.10 Å². The van der Waals surface area contributed by atoms with Crippen LogP contribution in [-0.4, -0.2) is 16.2 Å². The van der Waals surface area contributed by atoms with Crippen molar-refractivity contribution in [3.05, 3.63) is 30.1 Å². The molecule has 3 rings (SSSR count). The zero-order valence-corrected chi connectivity index (χ0v) is 9.52. The molecule has 0 unspecified atom stereocenters. The van der Waals surface area contributed by atoms with Gasteiger partial charge in [-0.05, 0) is 31.9 Å². The number of benzene rings is 1. The Bertz CT molecular complexity index is 498. The largest absolute Gasteiger partial charge is 0.370 e. The first-order valence-corrected chi connectivity index (χ1v) is 5.97. The minimum absolute atomic E-state index is 0.201. The highest BCUT2D eigenvalue weighted by molar-refractivity contribution is 5.76. The summed E-state index contributed by atoms with van der Waals surface area (Å²) in [7, 11) is 0. The van der Waals surface area contributed by atoms with Crippen molar-refractivity contribution < 1.29 is 4.74 Å². The Morgan fingerprint density at radius 1 is 1.44 bits per heavy atom. The topological polar surface area (TPSA) is 27.1 Å². The average Bonchev–Trinajstić information content (AvgIpc) is 2.95. The van der Waals surface area contributed by atoms with Crippen molar-refractivity contribution >= 4 is 11.0 Å². The lowest BCUT2D eigenvalue weighted by atomic mass is 10.2. The third kappa shape index (κ3) is 1.43. The van der Waals surface area contributed by atoms with Crippen LogP contribution in [-0.2, 0) is 11.3 Å². The van der Waals surface area contributed by atoms with E-state index >= 15 is 0 Å². The molecule has 1 aromatic carbocycles. The van der Waals surface area contributed by atoms with E-state index in [2.05, 4.69) is 29.7 Å². The van der Waals surface area contributed by atoms with Crippen LogP contribution in [0.3, 0.4) is 0 Å². The van der Waals surface area contributed by atoms with Gasteiger partial charge in [0.2, 0.25) is 0 Å². The fraction of sp³-hybridized carbons (Fsp3) is 0.462. The summed E-state index contributed by atoms with van der Waals surface area (Å²) in [6.07, 6.45) is 2.45. The minimum Gasteiger partial charge on any atom is -0.370 e. The second-order valence-electron chi connectivity index (χ2n) is 4.20. The average molecular weight is 216 g/mol. The number of fused-ring (bicyclic) bond motifs is 1. The van der Waals surface area contributed by atoms with E-state index in [1.165, 1.54) is 5.52 Å². The van der Waals surface area contributed by atoms with Crippen LogP contribution in [0.2, 0.25) is 0 Å².